The van der Waals surface area contributed by atoms with Gasteiger partial charge in [-0.15, -0.1) is 5.73 Å². The molecule has 0 saturated heterocycles. The Hall–Kier alpha value is -1.85. The second-order valence-corrected chi connectivity index (χ2v) is 3.90. The summed E-state index contributed by atoms with van der Waals surface area (Å²) < 4.78 is 13.2. The van der Waals surface area contributed by atoms with Crippen LogP contribution >= 0.6 is 0 Å². The Kier molecular flexibility index (Phi) is 2.89. The molecular formula is C15H13F. The van der Waals surface area contributed by atoms with Crippen LogP contribution in [-0.2, 0) is 0 Å². The molecule has 1 aliphatic rings. The Morgan fingerprint density at radius 2 is 1.75 bits per heavy atom. The van der Waals surface area contributed by atoms with Crippen LogP contribution in [0.4, 0.5) is 4.39 Å². The van der Waals surface area contributed by atoms with E-state index in [-0.39, 0.29) is 5.82 Å². The molecule has 16 heavy (non-hydrogen) atoms. The molecule has 0 atom stereocenters. The van der Waals surface area contributed by atoms with Gasteiger partial charge in [0.05, 0.1) is 0 Å². The topological polar surface area (TPSA) is 0 Å². The first-order chi connectivity index (χ1) is 7.68. The predicted octanol–water partition coefficient (Wildman–Crippen LogP) is 4.11. The third-order valence-electron chi connectivity index (χ3n) is 2.60. The molecule has 1 aromatic carbocycles. The van der Waals surface area contributed by atoms with Gasteiger partial charge in [0.2, 0.25) is 0 Å². The fourth-order valence-corrected chi connectivity index (χ4v) is 1.98. The molecule has 0 amide bonds. The average Bonchev–Trinajstić information content (AvgIpc) is 2.44. The lowest BCUT2D eigenvalue weighted by molar-refractivity contribution is 0.625. The lowest BCUT2D eigenvalue weighted by Gasteiger charge is -2.10. The molecule has 0 heterocycles. The Morgan fingerprint density at radius 3 is 2.44 bits per heavy atom. The SMILES string of the molecule is Cc1cc(F)cc(C)c1C1=CC=CC=C=C1. The molecule has 1 aliphatic carbocycles. The first-order valence-electron chi connectivity index (χ1n) is 5.25. The highest BCUT2D eigenvalue weighted by molar-refractivity contribution is 5.79. The monoisotopic (exact) mass is 212 g/mol. The summed E-state index contributed by atoms with van der Waals surface area (Å²) in [6.07, 6.45) is 9.69. The van der Waals surface area contributed by atoms with E-state index in [0.29, 0.717) is 0 Å². The standard InChI is InChI=1S/C15H13F/c1-11-9-14(16)10-12(2)15(11)13-7-5-3-4-6-8-13/h3-5,7-10H,1-2H3. The van der Waals surface area contributed by atoms with Gasteiger partial charge in [-0.1, -0.05) is 18.2 Å². The maximum atomic E-state index is 13.2. The summed E-state index contributed by atoms with van der Waals surface area (Å²) in [5.41, 5.74) is 7.14. The van der Waals surface area contributed by atoms with Crippen molar-refractivity contribution in [2.75, 3.05) is 0 Å². The van der Waals surface area contributed by atoms with Crippen LogP contribution in [0.25, 0.3) is 5.57 Å². The molecule has 0 nitrogen and oxygen atoms in total. The van der Waals surface area contributed by atoms with Gasteiger partial charge in [-0.05, 0) is 60.4 Å². The van der Waals surface area contributed by atoms with Gasteiger partial charge in [-0.25, -0.2) is 4.39 Å². The number of hydrogen-bond acceptors (Lipinski definition) is 0. The fourth-order valence-electron chi connectivity index (χ4n) is 1.98. The Labute approximate surface area is 95.1 Å². The molecular weight excluding hydrogens is 199 g/mol. The Bertz CT molecular complexity index is 516. The van der Waals surface area contributed by atoms with E-state index in [1.54, 1.807) is 12.1 Å². The van der Waals surface area contributed by atoms with Gasteiger partial charge in [0.15, 0.2) is 0 Å². The Balaban J connectivity index is 2.61. The molecule has 0 aromatic heterocycles. The van der Waals surface area contributed by atoms with Crippen molar-refractivity contribution in [3.05, 3.63) is 70.8 Å². The van der Waals surface area contributed by atoms with Crippen molar-refractivity contribution in [2.24, 2.45) is 0 Å². The van der Waals surface area contributed by atoms with E-state index in [9.17, 15) is 4.39 Å². The lowest BCUT2D eigenvalue weighted by Crippen LogP contribution is -1.93. The number of benzene rings is 1. The summed E-state index contributed by atoms with van der Waals surface area (Å²) >= 11 is 0. The van der Waals surface area contributed by atoms with Gasteiger partial charge < -0.3 is 0 Å². The smallest absolute Gasteiger partial charge is 0.123 e. The van der Waals surface area contributed by atoms with Crippen molar-refractivity contribution in [3.8, 4) is 0 Å². The van der Waals surface area contributed by atoms with Crippen molar-refractivity contribution < 1.29 is 4.39 Å². The molecule has 2 rings (SSSR count). The zero-order chi connectivity index (χ0) is 11.5. The minimum absolute atomic E-state index is 0.178. The quantitative estimate of drug-likeness (QED) is 0.614. The van der Waals surface area contributed by atoms with E-state index in [4.69, 9.17) is 0 Å². The van der Waals surface area contributed by atoms with Crippen LogP contribution in [0.3, 0.4) is 0 Å². The van der Waals surface area contributed by atoms with Crippen molar-refractivity contribution >= 4 is 5.57 Å². The number of hydrogen-bond donors (Lipinski definition) is 0. The second kappa shape index (κ2) is 4.34. The van der Waals surface area contributed by atoms with Crippen molar-refractivity contribution in [1.29, 1.82) is 0 Å². The summed E-state index contributed by atoms with van der Waals surface area (Å²) in [5, 5.41) is 0. The van der Waals surface area contributed by atoms with Crippen molar-refractivity contribution in [3.63, 3.8) is 0 Å². The average molecular weight is 212 g/mol. The van der Waals surface area contributed by atoms with Crippen LogP contribution in [0.2, 0.25) is 0 Å². The highest BCUT2D eigenvalue weighted by Crippen LogP contribution is 2.25. The summed E-state index contributed by atoms with van der Waals surface area (Å²) in [4.78, 5) is 0. The molecule has 0 radical (unpaired) electrons. The minimum atomic E-state index is -0.178. The molecule has 0 N–H and O–H groups in total. The van der Waals surface area contributed by atoms with Gasteiger partial charge in [0.25, 0.3) is 0 Å². The highest BCUT2D eigenvalue weighted by Gasteiger charge is 2.08. The highest BCUT2D eigenvalue weighted by atomic mass is 19.1. The van der Waals surface area contributed by atoms with E-state index in [0.717, 1.165) is 22.3 Å². The predicted molar refractivity (Wildman–Crippen MR) is 65.6 cm³/mol. The molecule has 0 spiro atoms. The van der Waals surface area contributed by atoms with E-state index in [1.807, 2.05) is 44.2 Å². The molecule has 0 aliphatic heterocycles. The summed E-state index contributed by atoms with van der Waals surface area (Å²) in [5.74, 6) is -0.178. The van der Waals surface area contributed by atoms with E-state index >= 15 is 0 Å². The first kappa shape index (κ1) is 10.7. The van der Waals surface area contributed by atoms with Gasteiger partial charge in [0, 0.05) is 0 Å². The van der Waals surface area contributed by atoms with Gasteiger partial charge in [-0.2, -0.15) is 0 Å². The molecule has 80 valence electrons. The number of rotatable bonds is 1. The summed E-state index contributed by atoms with van der Waals surface area (Å²) in [7, 11) is 0. The molecule has 1 aromatic rings. The van der Waals surface area contributed by atoms with Crippen LogP contribution in [0, 0.1) is 19.7 Å². The first-order valence-corrected chi connectivity index (χ1v) is 5.25. The molecule has 0 fully saturated rings. The van der Waals surface area contributed by atoms with Crippen LogP contribution in [-0.4, -0.2) is 0 Å². The molecule has 0 bridgehead atoms. The summed E-state index contributed by atoms with van der Waals surface area (Å²) in [6, 6.07) is 3.13. The van der Waals surface area contributed by atoms with Crippen molar-refractivity contribution in [2.45, 2.75) is 13.8 Å². The molecule has 0 unspecified atom stereocenters. The Morgan fingerprint density at radius 1 is 1.06 bits per heavy atom. The number of allylic oxidation sites excluding steroid dienone is 5. The zero-order valence-electron chi connectivity index (χ0n) is 9.42. The second-order valence-electron chi connectivity index (χ2n) is 3.90. The summed E-state index contributed by atoms with van der Waals surface area (Å²) in [6.45, 7) is 3.86. The van der Waals surface area contributed by atoms with Gasteiger partial charge in [-0.3, -0.25) is 0 Å². The number of aryl methyl sites for hydroxylation is 2. The van der Waals surface area contributed by atoms with Crippen LogP contribution in [0.1, 0.15) is 16.7 Å². The van der Waals surface area contributed by atoms with Crippen LogP contribution < -0.4 is 0 Å². The van der Waals surface area contributed by atoms with Gasteiger partial charge >= 0.3 is 0 Å². The van der Waals surface area contributed by atoms with Gasteiger partial charge in [0.1, 0.15) is 5.82 Å². The van der Waals surface area contributed by atoms with E-state index in [1.165, 1.54) is 0 Å². The fraction of sp³-hybridized carbons (Fsp3) is 0.133. The van der Waals surface area contributed by atoms with Crippen molar-refractivity contribution in [1.82, 2.24) is 0 Å². The normalized spacial score (nSPS) is 13.8. The lowest BCUT2D eigenvalue weighted by atomic mass is 9.95. The number of halogens is 1. The third-order valence-corrected chi connectivity index (χ3v) is 2.60. The molecule has 0 saturated carbocycles. The largest absolute Gasteiger partial charge is 0.207 e. The van der Waals surface area contributed by atoms with Crippen LogP contribution in [0.5, 0.6) is 0 Å². The minimum Gasteiger partial charge on any atom is -0.207 e. The molecule has 1 heteroatoms. The maximum absolute atomic E-state index is 13.2. The maximum Gasteiger partial charge on any atom is 0.123 e. The van der Waals surface area contributed by atoms with E-state index < -0.39 is 0 Å². The van der Waals surface area contributed by atoms with Crippen LogP contribution in [0.15, 0.2) is 48.2 Å². The van der Waals surface area contributed by atoms with E-state index in [2.05, 4.69) is 5.73 Å². The zero-order valence-corrected chi connectivity index (χ0v) is 9.42. The third kappa shape index (κ3) is 2.05.